The van der Waals surface area contributed by atoms with Crippen LogP contribution in [0.25, 0.3) is 0 Å². The third-order valence-corrected chi connectivity index (χ3v) is 3.84. The first kappa shape index (κ1) is 16.4. The van der Waals surface area contributed by atoms with Crippen molar-refractivity contribution >= 4 is 5.91 Å². The number of nitrogens with one attached hydrogen (secondary N) is 1. The molecule has 1 heterocycles. The molecule has 1 aliphatic heterocycles. The Morgan fingerprint density at radius 2 is 2.05 bits per heavy atom. The van der Waals surface area contributed by atoms with E-state index in [1.54, 1.807) is 0 Å². The summed E-state index contributed by atoms with van der Waals surface area (Å²) in [6, 6.07) is -0.0327. The molecule has 5 nitrogen and oxygen atoms in total. The molecule has 19 heavy (non-hydrogen) atoms. The van der Waals surface area contributed by atoms with E-state index in [4.69, 9.17) is 4.74 Å². The topological polar surface area (TPSA) is 44.8 Å². The van der Waals surface area contributed by atoms with E-state index in [0.29, 0.717) is 5.92 Å². The van der Waals surface area contributed by atoms with Crippen LogP contribution in [0.15, 0.2) is 0 Å². The van der Waals surface area contributed by atoms with E-state index in [9.17, 15) is 4.79 Å². The number of amides is 1. The Morgan fingerprint density at radius 3 is 2.58 bits per heavy atom. The van der Waals surface area contributed by atoms with Crippen LogP contribution in [0.4, 0.5) is 0 Å². The average Bonchev–Trinajstić information content (AvgIpc) is 2.39. The van der Waals surface area contributed by atoms with Gasteiger partial charge in [-0.15, -0.1) is 0 Å². The first-order chi connectivity index (χ1) is 9.06. The maximum atomic E-state index is 12.2. The van der Waals surface area contributed by atoms with Gasteiger partial charge >= 0.3 is 0 Å². The molecule has 1 fully saturated rings. The molecular formula is C14H31N3O2. The molecule has 0 aliphatic carbocycles. The smallest absolute Gasteiger partial charge is 0.237 e. The lowest BCUT2D eigenvalue weighted by atomic mass is 9.97. The van der Waals surface area contributed by atoms with Crippen molar-refractivity contribution in [2.24, 2.45) is 5.92 Å². The van der Waals surface area contributed by atoms with Gasteiger partial charge in [0.2, 0.25) is 5.91 Å². The number of carbonyl (C=O) groups excluding carboxylic acids is 1. The Labute approximate surface area is 118 Å². The van der Waals surface area contributed by atoms with Crippen molar-refractivity contribution in [3.63, 3.8) is 0 Å². The van der Waals surface area contributed by atoms with Gasteiger partial charge in [0.25, 0.3) is 0 Å². The molecule has 1 N–H and O–H groups in total. The van der Waals surface area contributed by atoms with Gasteiger partial charge in [-0.05, 0) is 20.0 Å². The summed E-state index contributed by atoms with van der Waals surface area (Å²) in [5, 5.41) is 3.06. The molecule has 1 amide bonds. The maximum absolute atomic E-state index is 12.2. The molecule has 0 saturated carbocycles. The van der Waals surface area contributed by atoms with E-state index in [0.717, 1.165) is 45.8 Å². The molecule has 0 aromatic rings. The second kappa shape index (κ2) is 8.51. The van der Waals surface area contributed by atoms with Gasteiger partial charge in [-0.3, -0.25) is 14.6 Å². The molecule has 0 spiro atoms. The summed E-state index contributed by atoms with van der Waals surface area (Å²) in [6.45, 7) is 9.45. The monoisotopic (exact) mass is 273 g/mol. The highest BCUT2D eigenvalue weighted by atomic mass is 16.5. The summed E-state index contributed by atoms with van der Waals surface area (Å²) in [5.74, 6) is 0.519. The van der Waals surface area contributed by atoms with Gasteiger partial charge in [-0.1, -0.05) is 20.3 Å². The van der Waals surface area contributed by atoms with Crippen LogP contribution in [0.5, 0.6) is 0 Å². The molecule has 114 valence electrons. The van der Waals surface area contributed by atoms with Crippen LogP contribution in [0.2, 0.25) is 0 Å². The van der Waals surface area contributed by atoms with E-state index >= 15 is 0 Å². The number of morpholine rings is 1. The third-order valence-electron chi connectivity index (χ3n) is 3.84. The van der Waals surface area contributed by atoms with Crippen LogP contribution in [0.3, 0.4) is 0 Å². The van der Waals surface area contributed by atoms with Gasteiger partial charge in [0.1, 0.15) is 0 Å². The lowest BCUT2D eigenvalue weighted by Crippen LogP contribution is -2.49. The Bertz CT molecular complexity index is 271. The van der Waals surface area contributed by atoms with Crippen molar-refractivity contribution in [1.29, 1.82) is 0 Å². The Hall–Kier alpha value is -0.650. The average molecular weight is 273 g/mol. The number of nitrogens with zero attached hydrogens (tertiary/aromatic N) is 2. The van der Waals surface area contributed by atoms with Crippen molar-refractivity contribution in [2.45, 2.75) is 26.3 Å². The van der Waals surface area contributed by atoms with Gasteiger partial charge in [-0.25, -0.2) is 0 Å². The molecule has 0 bridgehead atoms. The van der Waals surface area contributed by atoms with Gasteiger partial charge < -0.3 is 10.1 Å². The lowest BCUT2D eigenvalue weighted by molar-refractivity contribution is -0.127. The second-order valence-electron chi connectivity index (χ2n) is 5.54. The van der Waals surface area contributed by atoms with Crippen LogP contribution < -0.4 is 5.32 Å². The lowest BCUT2D eigenvalue weighted by Gasteiger charge is -2.30. The Kier molecular flexibility index (Phi) is 7.34. The van der Waals surface area contributed by atoms with Crippen molar-refractivity contribution in [2.75, 3.05) is 53.5 Å². The molecule has 0 aromatic carbocycles. The van der Waals surface area contributed by atoms with Crippen LogP contribution in [0, 0.1) is 5.92 Å². The minimum atomic E-state index is -0.0327. The number of likely N-dealkylation sites (N-methyl/N-ethyl adjacent to an activating group) is 1. The molecule has 2 unspecified atom stereocenters. The fourth-order valence-corrected chi connectivity index (χ4v) is 2.49. The molecule has 1 rings (SSSR count). The number of rotatable bonds is 7. The predicted molar refractivity (Wildman–Crippen MR) is 79.3 cm³/mol. The van der Waals surface area contributed by atoms with Crippen LogP contribution in [-0.4, -0.2) is 75.2 Å². The van der Waals surface area contributed by atoms with E-state index in [2.05, 4.69) is 24.1 Å². The van der Waals surface area contributed by atoms with Gasteiger partial charge in [0.05, 0.1) is 19.3 Å². The standard InChI is InChI=1S/C14H29N3O2.H2/c1-5-12(2)13(16(3)4)14(18)15-6-7-17-8-10-19-11-9-17;/h12-13H,5-11H2,1-4H3,(H,15,18);1H. The Balaban J connectivity index is 0.00000361. The number of ether oxygens (including phenoxy) is 1. The summed E-state index contributed by atoms with van der Waals surface area (Å²) in [7, 11) is 3.94. The molecule has 1 saturated heterocycles. The fraction of sp³-hybridized carbons (Fsp3) is 0.929. The summed E-state index contributed by atoms with van der Waals surface area (Å²) in [6.07, 6.45) is 1.01. The van der Waals surface area contributed by atoms with Crippen molar-refractivity contribution in [3.8, 4) is 0 Å². The summed E-state index contributed by atoms with van der Waals surface area (Å²) < 4.78 is 5.31. The third kappa shape index (κ3) is 5.47. The van der Waals surface area contributed by atoms with E-state index in [1.165, 1.54) is 0 Å². The molecule has 2 atom stereocenters. The molecule has 5 heteroatoms. The highest BCUT2D eigenvalue weighted by Gasteiger charge is 2.25. The summed E-state index contributed by atoms with van der Waals surface area (Å²) in [4.78, 5) is 16.6. The molecular weight excluding hydrogens is 242 g/mol. The zero-order valence-corrected chi connectivity index (χ0v) is 12.8. The normalized spacial score (nSPS) is 20.3. The van der Waals surface area contributed by atoms with Gasteiger partial charge in [-0.2, -0.15) is 0 Å². The largest absolute Gasteiger partial charge is 0.379 e. The van der Waals surface area contributed by atoms with Gasteiger partial charge in [0, 0.05) is 27.6 Å². The van der Waals surface area contributed by atoms with Crippen LogP contribution in [-0.2, 0) is 9.53 Å². The quantitative estimate of drug-likeness (QED) is 0.740. The van der Waals surface area contributed by atoms with E-state index in [1.807, 2.05) is 19.0 Å². The highest BCUT2D eigenvalue weighted by Crippen LogP contribution is 2.12. The molecule has 0 aromatic heterocycles. The highest BCUT2D eigenvalue weighted by molar-refractivity contribution is 5.81. The van der Waals surface area contributed by atoms with Crippen LogP contribution in [0.1, 0.15) is 21.7 Å². The number of hydrogen-bond donors (Lipinski definition) is 1. The molecule has 1 aliphatic rings. The first-order valence-corrected chi connectivity index (χ1v) is 7.30. The second-order valence-corrected chi connectivity index (χ2v) is 5.54. The first-order valence-electron chi connectivity index (χ1n) is 7.30. The van der Waals surface area contributed by atoms with E-state index < -0.39 is 0 Å². The zero-order chi connectivity index (χ0) is 14.3. The maximum Gasteiger partial charge on any atom is 0.237 e. The fourth-order valence-electron chi connectivity index (χ4n) is 2.49. The summed E-state index contributed by atoms with van der Waals surface area (Å²) >= 11 is 0. The van der Waals surface area contributed by atoms with E-state index in [-0.39, 0.29) is 13.4 Å². The van der Waals surface area contributed by atoms with Crippen molar-refractivity contribution in [3.05, 3.63) is 0 Å². The number of carbonyl (C=O) groups is 1. The van der Waals surface area contributed by atoms with Crippen molar-refractivity contribution in [1.82, 2.24) is 15.1 Å². The predicted octanol–water partition coefficient (Wildman–Crippen LogP) is 0.657. The molecule has 0 radical (unpaired) electrons. The minimum Gasteiger partial charge on any atom is -0.379 e. The minimum absolute atomic E-state index is 0. The van der Waals surface area contributed by atoms with Gasteiger partial charge in [0.15, 0.2) is 0 Å². The van der Waals surface area contributed by atoms with Crippen LogP contribution >= 0.6 is 0 Å². The number of hydrogen-bond acceptors (Lipinski definition) is 4. The zero-order valence-electron chi connectivity index (χ0n) is 12.8. The Morgan fingerprint density at radius 1 is 1.42 bits per heavy atom. The summed E-state index contributed by atoms with van der Waals surface area (Å²) in [5.41, 5.74) is 0. The SMILES string of the molecule is CCC(C)C(C(=O)NCCN1CCOCC1)N(C)C.[HH]. The van der Waals surface area contributed by atoms with Crippen molar-refractivity contribution < 1.29 is 11.0 Å².